The van der Waals surface area contributed by atoms with Crippen LogP contribution in [0.2, 0.25) is 0 Å². The minimum absolute atomic E-state index is 0.189. The monoisotopic (exact) mass is 307 g/mol. The third-order valence-electron chi connectivity index (χ3n) is 3.47. The van der Waals surface area contributed by atoms with Gasteiger partial charge in [0.2, 0.25) is 0 Å². The first kappa shape index (κ1) is 14.9. The predicted octanol–water partition coefficient (Wildman–Crippen LogP) is 3.42. The van der Waals surface area contributed by atoms with Crippen LogP contribution in [-0.4, -0.2) is 12.1 Å². The molecule has 5 heteroatoms. The number of carbonyl (C=O) groups excluding carboxylic acids is 1. The summed E-state index contributed by atoms with van der Waals surface area (Å²) >= 11 is 0. The summed E-state index contributed by atoms with van der Waals surface area (Å²) in [5, 5.41) is 14.6. The lowest BCUT2D eigenvalue weighted by atomic mass is 10.1. The molecular weight excluding hydrogens is 290 g/mol. The largest absolute Gasteiger partial charge is 0.489 e. The van der Waals surface area contributed by atoms with Crippen molar-refractivity contribution in [1.82, 2.24) is 5.32 Å². The molecule has 0 heterocycles. The predicted molar refractivity (Wildman–Crippen MR) is 87.1 cm³/mol. The van der Waals surface area contributed by atoms with Gasteiger partial charge in [0, 0.05) is 17.8 Å². The zero-order valence-electron chi connectivity index (χ0n) is 12.6. The van der Waals surface area contributed by atoms with Gasteiger partial charge in [-0.3, -0.25) is 0 Å². The van der Waals surface area contributed by atoms with Crippen molar-refractivity contribution in [3.05, 3.63) is 59.7 Å². The molecule has 0 aromatic heterocycles. The van der Waals surface area contributed by atoms with Gasteiger partial charge in [0.1, 0.15) is 12.4 Å². The molecule has 0 spiro atoms. The van der Waals surface area contributed by atoms with E-state index in [2.05, 4.69) is 16.7 Å². The number of nitriles is 1. The highest BCUT2D eigenvalue weighted by Gasteiger charge is 2.23. The molecule has 116 valence electrons. The van der Waals surface area contributed by atoms with Gasteiger partial charge in [-0.2, -0.15) is 5.26 Å². The number of nitrogens with one attached hydrogen (secondary N) is 2. The molecule has 0 saturated heterocycles. The van der Waals surface area contributed by atoms with E-state index in [1.165, 1.54) is 0 Å². The lowest BCUT2D eigenvalue weighted by Gasteiger charge is -2.10. The van der Waals surface area contributed by atoms with Crippen LogP contribution in [0.4, 0.5) is 10.5 Å². The molecule has 0 atom stereocenters. The van der Waals surface area contributed by atoms with Crippen molar-refractivity contribution in [3.63, 3.8) is 0 Å². The minimum Gasteiger partial charge on any atom is -0.489 e. The van der Waals surface area contributed by atoms with E-state index < -0.39 is 0 Å². The number of rotatable bonds is 5. The third-order valence-corrected chi connectivity index (χ3v) is 3.47. The van der Waals surface area contributed by atoms with Crippen LogP contribution >= 0.6 is 0 Å². The van der Waals surface area contributed by atoms with Crippen LogP contribution in [0, 0.1) is 11.3 Å². The minimum atomic E-state index is -0.189. The van der Waals surface area contributed by atoms with E-state index in [1.54, 1.807) is 18.2 Å². The van der Waals surface area contributed by atoms with Crippen LogP contribution in [0.3, 0.4) is 0 Å². The molecule has 1 saturated carbocycles. The van der Waals surface area contributed by atoms with Gasteiger partial charge in [-0.05, 0) is 42.7 Å². The molecule has 0 bridgehead atoms. The van der Waals surface area contributed by atoms with Crippen molar-refractivity contribution in [2.45, 2.75) is 25.5 Å². The fourth-order valence-corrected chi connectivity index (χ4v) is 2.14. The maximum Gasteiger partial charge on any atom is 0.319 e. The summed E-state index contributed by atoms with van der Waals surface area (Å²) in [6.45, 7) is 0.368. The van der Waals surface area contributed by atoms with Gasteiger partial charge in [0.25, 0.3) is 0 Å². The molecule has 5 nitrogen and oxygen atoms in total. The second-order valence-electron chi connectivity index (χ2n) is 5.50. The lowest BCUT2D eigenvalue weighted by Crippen LogP contribution is -2.30. The van der Waals surface area contributed by atoms with Crippen LogP contribution in [0.1, 0.15) is 24.0 Å². The molecule has 23 heavy (non-hydrogen) atoms. The van der Waals surface area contributed by atoms with Crippen LogP contribution < -0.4 is 15.4 Å². The van der Waals surface area contributed by atoms with E-state index in [0.29, 0.717) is 29.6 Å². The summed E-state index contributed by atoms with van der Waals surface area (Å²) in [4.78, 5) is 11.7. The number of nitrogens with zero attached hydrogens (tertiary/aromatic N) is 1. The fraction of sp³-hybridized carbons (Fsp3) is 0.222. The Morgan fingerprint density at radius 3 is 2.83 bits per heavy atom. The number of urea groups is 1. The molecule has 1 aliphatic rings. The summed E-state index contributed by atoms with van der Waals surface area (Å²) in [5.74, 6) is 0.664. The van der Waals surface area contributed by atoms with Gasteiger partial charge in [-0.15, -0.1) is 0 Å². The zero-order valence-corrected chi connectivity index (χ0v) is 12.6. The van der Waals surface area contributed by atoms with Gasteiger partial charge in [-0.25, -0.2) is 4.79 Å². The first-order valence-corrected chi connectivity index (χ1v) is 7.52. The van der Waals surface area contributed by atoms with Gasteiger partial charge < -0.3 is 15.4 Å². The quantitative estimate of drug-likeness (QED) is 0.888. The topological polar surface area (TPSA) is 74.1 Å². The molecule has 2 aromatic carbocycles. The first-order chi connectivity index (χ1) is 11.2. The molecule has 2 amide bonds. The van der Waals surface area contributed by atoms with Gasteiger partial charge in [-0.1, -0.05) is 18.2 Å². The second-order valence-corrected chi connectivity index (χ2v) is 5.50. The first-order valence-electron chi connectivity index (χ1n) is 7.52. The number of carbonyl (C=O) groups is 1. The Kier molecular flexibility index (Phi) is 4.44. The summed E-state index contributed by atoms with van der Waals surface area (Å²) in [5.41, 5.74) is 2.22. The number of benzene rings is 2. The molecule has 0 unspecified atom stereocenters. The van der Waals surface area contributed by atoms with Crippen molar-refractivity contribution in [1.29, 1.82) is 5.26 Å². The van der Waals surface area contributed by atoms with Gasteiger partial charge in [0.05, 0.1) is 11.6 Å². The number of anilines is 1. The molecule has 3 rings (SSSR count). The smallest absolute Gasteiger partial charge is 0.319 e. The Balaban J connectivity index is 1.58. The molecular formula is C18H17N3O2. The van der Waals surface area contributed by atoms with Gasteiger partial charge in [0.15, 0.2) is 0 Å². The van der Waals surface area contributed by atoms with E-state index >= 15 is 0 Å². The normalized spacial score (nSPS) is 13.0. The van der Waals surface area contributed by atoms with E-state index in [0.717, 1.165) is 18.4 Å². The third kappa shape index (κ3) is 4.48. The van der Waals surface area contributed by atoms with Crippen molar-refractivity contribution >= 4 is 11.7 Å². The fourth-order valence-electron chi connectivity index (χ4n) is 2.14. The molecule has 1 fully saturated rings. The number of hydrogen-bond acceptors (Lipinski definition) is 3. The Hall–Kier alpha value is -3.00. The number of ether oxygens (including phenoxy) is 1. The Morgan fingerprint density at radius 1 is 1.22 bits per heavy atom. The summed E-state index contributed by atoms with van der Waals surface area (Å²) in [6, 6.07) is 16.8. The summed E-state index contributed by atoms with van der Waals surface area (Å²) in [6.07, 6.45) is 2.11. The second kappa shape index (κ2) is 6.84. The van der Waals surface area contributed by atoms with Crippen molar-refractivity contribution in [3.8, 4) is 11.8 Å². The van der Waals surface area contributed by atoms with Crippen LogP contribution in [0.15, 0.2) is 48.5 Å². The Labute approximate surface area is 134 Å². The lowest BCUT2D eigenvalue weighted by molar-refractivity contribution is 0.251. The molecule has 2 aromatic rings. The van der Waals surface area contributed by atoms with Crippen molar-refractivity contribution in [2.24, 2.45) is 0 Å². The van der Waals surface area contributed by atoms with E-state index in [1.807, 2.05) is 30.3 Å². The SMILES string of the molecule is N#Cc1cccc(COc2cccc(NC(=O)NC3CC3)c2)c1. The van der Waals surface area contributed by atoms with Crippen LogP contribution in [-0.2, 0) is 6.61 Å². The molecule has 2 N–H and O–H groups in total. The standard InChI is InChI=1S/C18H17N3O2/c19-11-13-3-1-4-14(9-13)12-23-17-6-2-5-16(10-17)21-18(22)20-15-7-8-15/h1-6,9-10,15H,7-8,12H2,(H2,20,21,22). The van der Waals surface area contributed by atoms with Crippen LogP contribution in [0.25, 0.3) is 0 Å². The zero-order chi connectivity index (χ0) is 16.1. The van der Waals surface area contributed by atoms with E-state index in [-0.39, 0.29) is 6.03 Å². The maximum absolute atomic E-state index is 11.7. The maximum atomic E-state index is 11.7. The van der Waals surface area contributed by atoms with Crippen LogP contribution in [0.5, 0.6) is 5.75 Å². The molecule has 1 aliphatic carbocycles. The van der Waals surface area contributed by atoms with Gasteiger partial charge >= 0.3 is 6.03 Å². The highest BCUT2D eigenvalue weighted by atomic mass is 16.5. The molecule has 0 radical (unpaired) electrons. The Bertz CT molecular complexity index is 748. The summed E-state index contributed by atoms with van der Waals surface area (Å²) < 4.78 is 5.73. The van der Waals surface area contributed by atoms with Crippen molar-refractivity contribution < 1.29 is 9.53 Å². The highest BCUT2D eigenvalue weighted by molar-refractivity contribution is 5.89. The van der Waals surface area contributed by atoms with E-state index in [4.69, 9.17) is 10.00 Å². The number of amides is 2. The highest BCUT2D eigenvalue weighted by Crippen LogP contribution is 2.21. The van der Waals surface area contributed by atoms with E-state index in [9.17, 15) is 4.79 Å². The van der Waals surface area contributed by atoms with Crippen molar-refractivity contribution in [2.75, 3.05) is 5.32 Å². The summed E-state index contributed by atoms with van der Waals surface area (Å²) in [7, 11) is 0. The average Bonchev–Trinajstić information content (AvgIpc) is 3.37. The Morgan fingerprint density at radius 2 is 2.04 bits per heavy atom. The molecule has 0 aliphatic heterocycles. The number of hydrogen-bond donors (Lipinski definition) is 2. The average molecular weight is 307 g/mol.